The molecule has 3 N–H and O–H groups in total. The van der Waals surface area contributed by atoms with Crippen LogP contribution in [0.4, 0.5) is 4.79 Å². The molecule has 1 amide bonds. The van der Waals surface area contributed by atoms with Crippen LogP contribution in [0.25, 0.3) is 0 Å². The van der Waals surface area contributed by atoms with E-state index in [2.05, 4.69) is 5.32 Å². The summed E-state index contributed by atoms with van der Waals surface area (Å²) in [6, 6.07) is 7.50. The molecule has 1 aromatic carbocycles. The molecule has 6 nitrogen and oxygen atoms in total. The van der Waals surface area contributed by atoms with Gasteiger partial charge in [0, 0.05) is 24.7 Å². The third-order valence-corrected chi connectivity index (χ3v) is 3.82. The van der Waals surface area contributed by atoms with Crippen molar-refractivity contribution in [3.05, 3.63) is 29.3 Å². The van der Waals surface area contributed by atoms with E-state index >= 15 is 0 Å². The van der Waals surface area contributed by atoms with Crippen molar-refractivity contribution in [3.8, 4) is 5.75 Å². The molecule has 2 atom stereocenters. The average Bonchev–Trinajstić information content (AvgIpc) is 3.14. The van der Waals surface area contributed by atoms with Crippen molar-refractivity contribution in [1.29, 1.82) is 0 Å². The Hall–Kier alpha value is -1.50. The Bertz CT molecular complexity index is 477. The zero-order valence-corrected chi connectivity index (χ0v) is 13.0. The second-order valence-electron chi connectivity index (χ2n) is 5.36. The first-order chi connectivity index (χ1) is 10.5. The van der Waals surface area contributed by atoms with Gasteiger partial charge in [-0.15, -0.1) is 0 Å². The summed E-state index contributed by atoms with van der Waals surface area (Å²) in [6.45, 7) is 2.74. The van der Waals surface area contributed by atoms with Crippen LogP contribution in [0.1, 0.15) is 12.8 Å². The van der Waals surface area contributed by atoms with Crippen LogP contribution in [-0.2, 0) is 0 Å². The Morgan fingerprint density at radius 3 is 2.50 bits per heavy atom. The maximum Gasteiger partial charge on any atom is 0.407 e. The molecular weight excluding hydrogens is 308 g/mol. The van der Waals surface area contributed by atoms with E-state index in [1.807, 2.05) is 24.3 Å². The molecule has 0 radical (unpaired) electrons. The molecule has 3 rings (SSSR count). The number of nitrogens with zero attached hydrogens (tertiary/aromatic N) is 1. The molecule has 2 heterocycles. The summed E-state index contributed by atoms with van der Waals surface area (Å²) in [4.78, 5) is 11.4. The van der Waals surface area contributed by atoms with Gasteiger partial charge in [0.25, 0.3) is 0 Å². The van der Waals surface area contributed by atoms with Crippen molar-refractivity contribution in [3.63, 3.8) is 0 Å². The Balaban J connectivity index is 0.000000172. The summed E-state index contributed by atoms with van der Waals surface area (Å²) in [7, 11) is 0. The Labute approximate surface area is 134 Å². The molecule has 2 aliphatic rings. The zero-order chi connectivity index (χ0) is 15.9. The Morgan fingerprint density at radius 1 is 1.32 bits per heavy atom. The van der Waals surface area contributed by atoms with Gasteiger partial charge in [-0.2, -0.15) is 0 Å². The predicted molar refractivity (Wildman–Crippen MR) is 83.6 cm³/mol. The fourth-order valence-corrected chi connectivity index (χ4v) is 2.48. The number of ether oxygens (including phenoxy) is 1. The number of likely N-dealkylation sites (tertiary alicyclic amines) is 1. The number of hydrogen-bond donors (Lipinski definition) is 3. The first kappa shape index (κ1) is 16.9. The normalized spacial score (nSPS) is 23.8. The van der Waals surface area contributed by atoms with Gasteiger partial charge in [-0.05, 0) is 43.7 Å². The van der Waals surface area contributed by atoms with E-state index in [-0.39, 0.29) is 6.54 Å². The van der Waals surface area contributed by atoms with Gasteiger partial charge >= 0.3 is 6.09 Å². The van der Waals surface area contributed by atoms with Crippen LogP contribution in [0.5, 0.6) is 5.75 Å². The molecule has 1 aromatic rings. The lowest BCUT2D eigenvalue weighted by Gasteiger charge is -2.11. The molecule has 122 valence electrons. The maximum atomic E-state index is 10.2. The van der Waals surface area contributed by atoms with Crippen molar-refractivity contribution in [2.75, 3.05) is 26.2 Å². The molecular formula is C15H21ClN2O4. The number of nitrogens with one attached hydrogen (secondary N) is 1. The van der Waals surface area contributed by atoms with Crippen molar-refractivity contribution in [2.24, 2.45) is 0 Å². The molecule has 2 saturated heterocycles. The van der Waals surface area contributed by atoms with Crippen LogP contribution >= 0.6 is 11.6 Å². The van der Waals surface area contributed by atoms with Gasteiger partial charge in [0.15, 0.2) is 0 Å². The van der Waals surface area contributed by atoms with Crippen molar-refractivity contribution in [1.82, 2.24) is 10.2 Å². The van der Waals surface area contributed by atoms with Gasteiger partial charge in [0.05, 0.1) is 6.10 Å². The average molecular weight is 329 g/mol. The number of halogens is 1. The lowest BCUT2D eigenvalue weighted by molar-refractivity contribution is 0.140. The van der Waals surface area contributed by atoms with E-state index in [1.165, 1.54) is 4.90 Å². The van der Waals surface area contributed by atoms with Crippen LogP contribution in [0, 0.1) is 0 Å². The van der Waals surface area contributed by atoms with Crippen LogP contribution in [0.3, 0.4) is 0 Å². The lowest BCUT2D eigenvalue weighted by Crippen LogP contribution is -2.27. The number of rotatable bonds is 2. The molecule has 0 spiro atoms. The summed E-state index contributed by atoms with van der Waals surface area (Å²) in [5, 5.41) is 21.2. The third-order valence-electron chi connectivity index (χ3n) is 3.57. The molecule has 2 aliphatic heterocycles. The molecule has 0 saturated carbocycles. The number of carbonyl (C=O) groups is 1. The van der Waals surface area contributed by atoms with E-state index in [0.717, 1.165) is 30.3 Å². The van der Waals surface area contributed by atoms with Crippen molar-refractivity contribution in [2.45, 2.75) is 25.0 Å². The summed E-state index contributed by atoms with van der Waals surface area (Å²) in [5.74, 6) is 0.901. The van der Waals surface area contributed by atoms with Crippen LogP contribution in [0.2, 0.25) is 5.02 Å². The SMILES string of the molecule is Clc1ccc(OC2CCNC2)cc1.O=C(O)N1CCC(O)C1. The second-order valence-corrected chi connectivity index (χ2v) is 5.79. The number of aliphatic hydroxyl groups excluding tert-OH is 1. The molecule has 0 bridgehead atoms. The number of amides is 1. The predicted octanol–water partition coefficient (Wildman–Crippen LogP) is 1.81. The fraction of sp³-hybridized carbons (Fsp3) is 0.533. The van der Waals surface area contributed by atoms with Gasteiger partial charge in [0.2, 0.25) is 0 Å². The first-order valence-corrected chi connectivity index (χ1v) is 7.71. The monoisotopic (exact) mass is 328 g/mol. The highest BCUT2D eigenvalue weighted by molar-refractivity contribution is 6.30. The van der Waals surface area contributed by atoms with E-state index in [9.17, 15) is 4.79 Å². The van der Waals surface area contributed by atoms with E-state index in [0.29, 0.717) is 19.1 Å². The first-order valence-electron chi connectivity index (χ1n) is 7.33. The van der Waals surface area contributed by atoms with Crippen molar-refractivity contribution < 1.29 is 19.7 Å². The topological polar surface area (TPSA) is 82.0 Å². The summed E-state index contributed by atoms with van der Waals surface area (Å²) in [5.41, 5.74) is 0. The minimum atomic E-state index is -0.938. The van der Waals surface area contributed by atoms with Gasteiger partial charge in [-0.1, -0.05) is 11.6 Å². The van der Waals surface area contributed by atoms with Crippen LogP contribution in [0.15, 0.2) is 24.3 Å². The highest BCUT2D eigenvalue weighted by atomic mass is 35.5. The fourth-order valence-electron chi connectivity index (χ4n) is 2.35. The highest BCUT2D eigenvalue weighted by Crippen LogP contribution is 2.18. The van der Waals surface area contributed by atoms with Crippen molar-refractivity contribution >= 4 is 17.7 Å². The smallest absolute Gasteiger partial charge is 0.407 e. The van der Waals surface area contributed by atoms with Gasteiger partial charge in [-0.25, -0.2) is 4.79 Å². The van der Waals surface area contributed by atoms with E-state index in [4.69, 9.17) is 26.6 Å². The summed E-state index contributed by atoms with van der Waals surface area (Å²) < 4.78 is 5.71. The van der Waals surface area contributed by atoms with Gasteiger partial charge in [0.1, 0.15) is 11.9 Å². The number of benzene rings is 1. The maximum absolute atomic E-state index is 10.2. The Morgan fingerprint density at radius 2 is 2.05 bits per heavy atom. The highest BCUT2D eigenvalue weighted by Gasteiger charge is 2.23. The molecule has 7 heteroatoms. The number of aliphatic hydroxyl groups is 1. The van der Waals surface area contributed by atoms with E-state index < -0.39 is 12.2 Å². The van der Waals surface area contributed by atoms with Crippen LogP contribution in [-0.4, -0.2) is 59.6 Å². The molecule has 22 heavy (non-hydrogen) atoms. The standard InChI is InChI=1S/C10H12ClNO.C5H9NO3/c11-8-1-3-9(4-2-8)13-10-5-6-12-7-10;7-4-1-2-6(3-4)5(8)9/h1-4,10,12H,5-7H2;4,7H,1-3H2,(H,8,9). The zero-order valence-electron chi connectivity index (χ0n) is 12.2. The quantitative estimate of drug-likeness (QED) is 0.771. The summed E-state index contributed by atoms with van der Waals surface area (Å²) >= 11 is 5.76. The number of hydrogen-bond acceptors (Lipinski definition) is 4. The molecule has 2 fully saturated rings. The van der Waals surface area contributed by atoms with Crippen LogP contribution < -0.4 is 10.1 Å². The number of carboxylic acid groups (broad SMARTS) is 1. The largest absolute Gasteiger partial charge is 0.489 e. The lowest BCUT2D eigenvalue weighted by atomic mass is 10.3. The minimum Gasteiger partial charge on any atom is -0.489 e. The van der Waals surface area contributed by atoms with Gasteiger partial charge < -0.3 is 25.2 Å². The van der Waals surface area contributed by atoms with E-state index in [1.54, 1.807) is 0 Å². The molecule has 0 aromatic heterocycles. The minimum absolute atomic E-state index is 0.273. The summed E-state index contributed by atoms with van der Waals surface area (Å²) in [6.07, 6.45) is 0.600. The Kier molecular flexibility index (Phi) is 6.30. The number of β-amino-alcohol motifs (C(OH)–C–C–N with tert-alkyl or cyclic N) is 1. The molecule has 2 unspecified atom stereocenters. The second kappa shape index (κ2) is 8.22. The van der Waals surface area contributed by atoms with Gasteiger partial charge in [-0.3, -0.25) is 0 Å². The molecule has 0 aliphatic carbocycles. The third kappa shape index (κ3) is 5.36.